The Balaban J connectivity index is 1.67. The Bertz CT molecular complexity index is 893. The van der Waals surface area contributed by atoms with Gasteiger partial charge in [-0.2, -0.15) is 0 Å². The van der Waals surface area contributed by atoms with E-state index in [9.17, 15) is 13.2 Å². The smallest absolute Gasteiger partial charge is 0.253 e. The lowest BCUT2D eigenvalue weighted by molar-refractivity contribution is 0.0941. The van der Waals surface area contributed by atoms with E-state index in [-0.39, 0.29) is 23.5 Å². The van der Waals surface area contributed by atoms with Crippen molar-refractivity contribution >= 4 is 27.1 Å². The van der Waals surface area contributed by atoms with Gasteiger partial charge < -0.3 is 10.6 Å². The number of pyridine rings is 1. The zero-order valence-electron chi connectivity index (χ0n) is 14.9. The van der Waals surface area contributed by atoms with Crippen LogP contribution in [0.25, 0.3) is 0 Å². The maximum Gasteiger partial charge on any atom is 0.253 e. The minimum Gasteiger partial charge on any atom is -0.354 e. The number of carbonyl (C=O) groups excluding carboxylic acids is 1. The lowest BCUT2D eigenvalue weighted by atomic mass is 10.0. The van der Waals surface area contributed by atoms with Crippen LogP contribution in [-0.2, 0) is 9.84 Å². The summed E-state index contributed by atoms with van der Waals surface area (Å²) in [6.07, 6.45) is 3.58. The second kappa shape index (κ2) is 7.45. The van der Waals surface area contributed by atoms with Gasteiger partial charge in [-0.15, -0.1) is 0 Å². The third-order valence-electron chi connectivity index (χ3n) is 4.43. The van der Waals surface area contributed by atoms with Crippen LogP contribution in [0.2, 0.25) is 0 Å². The van der Waals surface area contributed by atoms with Gasteiger partial charge in [-0.1, -0.05) is 26.0 Å². The number of nitrogens with zero attached hydrogens (tertiary/aromatic N) is 1. The molecule has 1 unspecified atom stereocenters. The number of hydrogen-bond donors (Lipinski definition) is 2. The molecule has 3 rings (SSSR count). The first kappa shape index (κ1) is 18.4. The predicted molar refractivity (Wildman–Crippen MR) is 103 cm³/mol. The van der Waals surface area contributed by atoms with Crippen LogP contribution in [0.3, 0.4) is 0 Å². The van der Waals surface area contributed by atoms with Crippen LogP contribution in [0.4, 0.5) is 11.4 Å². The maximum absolute atomic E-state index is 12.4. The molecule has 138 valence electrons. The molecule has 1 aromatic carbocycles. The van der Waals surface area contributed by atoms with Gasteiger partial charge in [0.1, 0.15) is 0 Å². The van der Waals surface area contributed by atoms with E-state index >= 15 is 0 Å². The molecule has 2 aromatic rings. The number of carbonyl (C=O) groups is 1. The first-order valence-corrected chi connectivity index (χ1v) is 10.5. The van der Waals surface area contributed by atoms with Gasteiger partial charge in [0, 0.05) is 17.9 Å². The summed E-state index contributed by atoms with van der Waals surface area (Å²) < 4.78 is 23.0. The van der Waals surface area contributed by atoms with Crippen molar-refractivity contribution in [3.63, 3.8) is 0 Å². The Morgan fingerprint density at radius 3 is 2.50 bits per heavy atom. The summed E-state index contributed by atoms with van der Waals surface area (Å²) in [6, 6.07) is 9.50. The van der Waals surface area contributed by atoms with E-state index in [1.54, 1.807) is 12.3 Å². The molecule has 1 aliphatic heterocycles. The molecule has 1 fully saturated rings. The molecule has 0 saturated carbocycles. The SMILES string of the molecule is CC(C)c1ccc(Nc2cncc(C(=O)NC3CCS(=O)(=O)C3)c2)cc1. The molecule has 26 heavy (non-hydrogen) atoms. The molecule has 1 atom stereocenters. The summed E-state index contributed by atoms with van der Waals surface area (Å²) in [5.41, 5.74) is 3.27. The van der Waals surface area contributed by atoms with E-state index in [0.717, 1.165) is 5.69 Å². The number of sulfone groups is 1. The van der Waals surface area contributed by atoms with Gasteiger partial charge in [0.15, 0.2) is 9.84 Å². The lowest BCUT2D eigenvalue weighted by Crippen LogP contribution is -2.35. The van der Waals surface area contributed by atoms with Crippen LogP contribution in [-0.4, -0.2) is 36.9 Å². The molecule has 2 heterocycles. The Labute approximate surface area is 154 Å². The summed E-state index contributed by atoms with van der Waals surface area (Å²) in [7, 11) is -3.02. The average Bonchev–Trinajstić information content (AvgIpc) is 2.94. The molecule has 1 amide bonds. The quantitative estimate of drug-likeness (QED) is 0.841. The van der Waals surface area contributed by atoms with Crippen molar-refractivity contribution in [3.8, 4) is 0 Å². The summed E-state index contributed by atoms with van der Waals surface area (Å²) in [5, 5.41) is 6.01. The monoisotopic (exact) mass is 373 g/mol. The summed E-state index contributed by atoms with van der Waals surface area (Å²) in [4.78, 5) is 16.5. The molecule has 0 radical (unpaired) electrons. The van der Waals surface area contributed by atoms with E-state index in [1.165, 1.54) is 11.8 Å². The van der Waals surface area contributed by atoms with Crippen molar-refractivity contribution in [2.24, 2.45) is 0 Å². The van der Waals surface area contributed by atoms with Crippen molar-refractivity contribution in [2.75, 3.05) is 16.8 Å². The number of hydrogen-bond acceptors (Lipinski definition) is 5. The van der Waals surface area contributed by atoms with Crippen LogP contribution in [0.15, 0.2) is 42.7 Å². The molecular formula is C19H23N3O3S. The van der Waals surface area contributed by atoms with E-state index in [0.29, 0.717) is 23.6 Å². The highest BCUT2D eigenvalue weighted by molar-refractivity contribution is 7.91. The number of aromatic nitrogens is 1. The summed E-state index contributed by atoms with van der Waals surface area (Å²) >= 11 is 0. The third-order valence-corrected chi connectivity index (χ3v) is 6.20. The third kappa shape index (κ3) is 4.60. The van der Waals surface area contributed by atoms with Gasteiger partial charge in [-0.05, 0) is 36.1 Å². The van der Waals surface area contributed by atoms with Gasteiger partial charge in [0.2, 0.25) is 0 Å². The molecule has 6 nitrogen and oxygen atoms in total. The fourth-order valence-electron chi connectivity index (χ4n) is 2.93. The average molecular weight is 373 g/mol. The van der Waals surface area contributed by atoms with E-state index < -0.39 is 9.84 Å². The van der Waals surface area contributed by atoms with Crippen molar-refractivity contribution < 1.29 is 13.2 Å². The summed E-state index contributed by atoms with van der Waals surface area (Å²) in [6.45, 7) is 4.29. The molecule has 0 spiro atoms. The van der Waals surface area contributed by atoms with Crippen LogP contribution in [0, 0.1) is 0 Å². The molecule has 2 N–H and O–H groups in total. The van der Waals surface area contributed by atoms with Gasteiger partial charge in [0.05, 0.1) is 29.0 Å². The topological polar surface area (TPSA) is 88.2 Å². The van der Waals surface area contributed by atoms with Crippen molar-refractivity contribution in [1.29, 1.82) is 0 Å². The van der Waals surface area contributed by atoms with Crippen LogP contribution in [0.5, 0.6) is 0 Å². The largest absolute Gasteiger partial charge is 0.354 e. The lowest BCUT2D eigenvalue weighted by Gasteiger charge is -2.12. The Morgan fingerprint density at radius 2 is 1.88 bits per heavy atom. The molecule has 0 aliphatic carbocycles. The van der Waals surface area contributed by atoms with Gasteiger partial charge in [-0.25, -0.2) is 8.42 Å². The molecule has 7 heteroatoms. The zero-order valence-corrected chi connectivity index (χ0v) is 15.7. The maximum atomic E-state index is 12.4. The highest BCUT2D eigenvalue weighted by atomic mass is 32.2. The predicted octanol–water partition coefficient (Wildman–Crippen LogP) is 2.87. The number of amides is 1. The van der Waals surface area contributed by atoms with Crippen molar-refractivity contribution in [1.82, 2.24) is 10.3 Å². The van der Waals surface area contributed by atoms with Crippen LogP contribution >= 0.6 is 0 Å². The molecule has 1 aromatic heterocycles. The normalized spacial score (nSPS) is 18.7. The highest BCUT2D eigenvalue weighted by Gasteiger charge is 2.29. The molecule has 1 aliphatic rings. The second-order valence-electron chi connectivity index (χ2n) is 6.94. The first-order valence-electron chi connectivity index (χ1n) is 8.66. The second-order valence-corrected chi connectivity index (χ2v) is 9.17. The number of anilines is 2. The van der Waals surface area contributed by atoms with E-state index in [4.69, 9.17) is 0 Å². The van der Waals surface area contributed by atoms with Crippen molar-refractivity contribution in [3.05, 3.63) is 53.9 Å². The van der Waals surface area contributed by atoms with E-state index in [2.05, 4.69) is 41.6 Å². The molecular weight excluding hydrogens is 350 g/mol. The minimum absolute atomic E-state index is 0.00626. The standard InChI is InChI=1S/C19H23N3O3S/c1-13(2)14-3-5-16(6-4-14)21-18-9-15(10-20-11-18)19(23)22-17-7-8-26(24,25)12-17/h3-6,9-11,13,17,21H,7-8,12H2,1-2H3,(H,22,23). The number of benzene rings is 1. The minimum atomic E-state index is -3.02. The highest BCUT2D eigenvalue weighted by Crippen LogP contribution is 2.21. The summed E-state index contributed by atoms with van der Waals surface area (Å²) in [5.74, 6) is 0.298. The fourth-order valence-corrected chi connectivity index (χ4v) is 4.60. The van der Waals surface area contributed by atoms with Crippen molar-refractivity contribution in [2.45, 2.75) is 32.2 Å². The molecule has 1 saturated heterocycles. The Hall–Kier alpha value is -2.41. The van der Waals surface area contributed by atoms with Gasteiger partial charge >= 0.3 is 0 Å². The van der Waals surface area contributed by atoms with E-state index in [1.807, 2.05) is 12.1 Å². The Kier molecular flexibility index (Phi) is 5.27. The van der Waals surface area contributed by atoms with Crippen LogP contribution < -0.4 is 10.6 Å². The first-order chi connectivity index (χ1) is 12.3. The van der Waals surface area contributed by atoms with Crippen LogP contribution in [0.1, 0.15) is 42.1 Å². The number of nitrogens with one attached hydrogen (secondary N) is 2. The Morgan fingerprint density at radius 1 is 1.15 bits per heavy atom. The molecule has 0 bridgehead atoms. The zero-order chi connectivity index (χ0) is 18.7. The van der Waals surface area contributed by atoms with Gasteiger partial charge in [-0.3, -0.25) is 9.78 Å². The van der Waals surface area contributed by atoms with Gasteiger partial charge in [0.25, 0.3) is 5.91 Å². The fraction of sp³-hybridized carbons (Fsp3) is 0.368. The number of rotatable bonds is 5.